The van der Waals surface area contributed by atoms with Gasteiger partial charge in [0.1, 0.15) is 0 Å². The Morgan fingerprint density at radius 3 is 0.860 bits per heavy atom. The van der Waals surface area contributed by atoms with E-state index >= 15 is 0 Å². The van der Waals surface area contributed by atoms with E-state index < -0.39 is 20.0 Å². The van der Waals surface area contributed by atoms with Gasteiger partial charge in [0.25, 0.3) is 0 Å². The fourth-order valence-electron chi connectivity index (χ4n) is 5.71. The van der Waals surface area contributed by atoms with E-state index in [1.165, 1.54) is 154 Å². The van der Waals surface area contributed by atoms with E-state index in [0.717, 1.165) is 25.7 Å². The van der Waals surface area contributed by atoms with Crippen molar-refractivity contribution in [1.82, 2.24) is 0 Å². The minimum absolute atomic E-state index is 0.221. The van der Waals surface area contributed by atoms with Gasteiger partial charge in [0.2, 0.25) is 0 Å². The van der Waals surface area contributed by atoms with Crippen molar-refractivity contribution in [2.24, 2.45) is 0 Å². The average Bonchev–Trinajstić information content (AvgIpc) is 2.99. The first-order valence-electron chi connectivity index (χ1n) is 18.9. The molecule has 0 aliphatic rings. The van der Waals surface area contributed by atoms with E-state index in [-0.39, 0.29) is 13.2 Å². The Balaban J connectivity index is 3.51. The molecule has 0 saturated heterocycles. The highest BCUT2D eigenvalue weighted by molar-refractivity contribution is 7.47. The monoisotopic (exact) mass is 635 g/mol. The molecule has 0 aromatic rings. The first kappa shape index (κ1) is 43.0. The number of hydrogen-bond donors (Lipinski definition) is 3. The van der Waals surface area contributed by atoms with Gasteiger partial charge in [-0.25, -0.2) is 4.57 Å². The van der Waals surface area contributed by atoms with Gasteiger partial charge in [-0.2, -0.15) is 0 Å². The first-order chi connectivity index (χ1) is 20.9. The van der Waals surface area contributed by atoms with Crippen LogP contribution in [-0.2, 0) is 13.6 Å². The fraction of sp³-hybridized carbons (Fsp3) is 1.00. The highest BCUT2D eigenvalue weighted by Gasteiger charge is 2.24. The summed E-state index contributed by atoms with van der Waals surface area (Å²) in [6, 6.07) is 0. The average molecular weight is 635 g/mol. The maximum Gasteiger partial charge on any atom is 0.472 e. The number of aliphatic hydroxyl groups is 2. The molecule has 3 N–H and O–H groups in total. The van der Waals surface area contributed by atoms with E-state index in [0.29, 0.717) is 12.8 Å². The summed E-state index contributed by atoms with van der Waals surface area (Å²) >= 11 is 0. The summed E-state index contributed by atoms with van der Waals surface area (Å²) in [4.78, 5) is 9.89. The van der Waals surface area contributed by atoms with Crippen molar-refractivity contribution >= 4 is 7.82 Å². The molecule has 0 radical (unpaired) electrons. The van der Waals surface area contributed by atoms with E-state index in [1.54, 1.807) is 0 Å². The number of phosphoric acid groups is 1. The predicted molar refractivity (Wildman–Crippen MR) is 184 cm³/mol. The number of hydrogen-bond acceptors (Lipinski definition) is 5. The van der Waals surface area contributed by atoms with E-state index in [4.69, 9.17) is 9.05 Å². The predicted octanol–water partition coefficient (Wildman–Crippen LogP) is 11.6. The van der Waals surface area contributed by atoms with Gasteiger partial charge in [-0.1, -0.05) is 194 Å². The Morgan fingerprint density at radius 2 is 0.628 bits per heavy atom. The second-order valence-electron chi connectivity index (χ2n) is 13.1. The Hall–Kier alpha value is 0.0300. The van der Waals surface area contributed by atoms with Crippen LogP contribution in [0.5, 0.6) is 0 Å². The quantitative estimate of drug-likeness (QED) is 0.0469. The summed E-state index contributed by atoms with van der Waals surface area (Å²) in [5, 5.41) is 20.2. The molecule has 260 valence electrons. The number of unbranched alkanes of at least 4 members (excludes halogenated alkanes) is 26. The van der Waals surface area contributed by atoms with Gasteiger partial charge in [-0.15, -0.1) is 0 Å². The van der Waals surface area contributed by atoms with E-state index in [9.17, 15) is 19.7 Å². The molecule has 43 heavy (non-hydrogen) atoms. The molecule has 3 atom stereocenters. The van der Waals surface area contributed by atoms with Crippen molar-refractivity contribution in [3.63, 3.8) is 0 Å². The summed E-state index contributed by atoms with van der Waals surface area (Å²) in [5.41, 5.74) is 0. The highest BCUT2D eigenvalue weighted by Crippen LogP contribution is 2.43. The summed E-state index contributed by atoms with van der Waals surface area (Å²) in [5.74, 6) is 0. The molecule has 0 aromatic heterocycles. The zero-order valence-electron chi connectivity index (χ0n) is 28.8. The lowest BCUT2D eigenvalue weighted by Gasteiger charge is -2.17. The molecule has 0 aliphatic carbocycles. The van der Waals surface area contributed by atoms with Gasteiger partial charge in [0.05, 0.1) is 25.4 Å². The lowest BCUT2D eigenvalue weighted by atomic mass is 10.0. The highest BCUT2D eigenvalue weighted by atomic mass is 31.2. The van der Waals surface area contributed by atoms with Crippen molar-refractivity contribution in [1.29, 1.82) is 0 Å². The van der Waals surface area contributed by atoms with Crippen LogP contribution in [0.4, 0.5) is 0 Å². The Labute approximate surface area is 268 Å². The Morgan fingerprint density at radius 1 is 0.419 bits per heavy atom. The molecule has 0 amide bonds. The van der Waals surface area contributed by atoms with Crippen LogP contribution in [-0.4, -0.2) is 40.5 Å². The van der Waals surface area contributed by atoms with Crippen LogP contribution in [0.2, 0.25) is 0 Å². The molecule has 0 bridgehead atoms. The molecule has 0 fully saturated rings. The Kier molecular flexibility index (Phi) is 33.4. The van der Waals surface area contributed by atoms with E-state index in [2.05, 4.69) is 13.8 Å². The van der Waals surface area contributed by atoms with Crippen LogP contribution >= 0.6 is 7.82 Å². The summed E-state index contributed by atoms with van der Waals surface area (Å²) in [6.45, 7) is 4.08. The maximum atomic E-state index is 12.1. The van der Waals surface area contributed by atoms with Gasteiger partial charge < -0.3 is 15.1 Å². The smallest absolute Gasteiger partial charge is 0.391 e. The zero-order chi connectivity index (χ0) is 31.7. The van der Waals surface area contributed by atoms with Gasteiger partial charge in [0.15, 0.2) is 0 Å². The van der Waals surface area contributed by atoms with Gasteiger partial charge in [-0.05, 0) is 12.8 Å². The zero-order valence-corrected chi connectivity index (χ0v) is 29.7. The fourth-order valence-corrected chi connectivity index (χ4v) is 6.51. The first-order valence-corrected chi connectivity index (χ1v) is 20.4. The minimum atomic E-state index is -4.27. The molecule has 1 unspecified atom stereocenters. The third-order valence-corrected chi connectivity index (χ3v) is 9.59. The molecule has 0 heterocycles. The standard InChI is InChI=1S/C36H75O6P/c1-3-5-7-9-11-13-15-17-19-21-23-25-27-29-31-35(37)33-41-43(39,40)42-34-36(38)32-30-28-26-24-22-20-18-16-14-12-10-8-6-4-2/h35-38H,3-34H2,1-2H3,(H,39,40)/t35-,36+. The molecular weight excluding hydrogens is 559 g/mol. The van der Waals surface area contributed by atoms with Gasteiger partial charge >= 0.3 is 7.82 Å². The van der Waals surface area contributed by atoms with Crippen molar-refractivity contribution in [2.45, 2.75) is 219 Å². The van der Waals surface area contributed by atoms with Crippen LogP contribution < -0.4 is 0 Å². The Bertz CT molecular complexity index is 544. The molecule has 6 nitrogen and oxygen atoms in total. The summed E-state index contributed by atoms with van der Waals surface area (Å²) in [7, 11) is -4.27. The summed E-state index contributed by atoms with van der Waals surface area (Å²) in [6.07, 6.45) is 35.5. The molecule has 0 rings (SSSR count). The van der Waals surface area contributed by atoms with Gasteiger partial charge in [0, 0.05) is 0 Å². The molecule has 7 heteroatoms. The van der Waals surface area contributed by atoms with Crippen molar-refractivity contribution in [2.75, 3.05) is 13.2 Å². The third-order valence-electron chi connectivity index (χ3n) is 8.64. The number of rotatable bonds is 36. The lowest BCUT2D eigenvalue weighted by molar-refractivity contribution is 0.0432. The van der Waals surface area contributed by atoms with Crippen LogP contribution in [0, 0.1) is 0 Å². The van der Waals surface area contributed by atoms with Crippen LogP contribution in [0.1, 0.15) is 206 Å². The van der Waals surface area contributed by atoms with Gasteiger partial charge in [-0.3, -0.25) is 9.05 Å². The largest absolute Gasteiger partial charge is 0.472 e. The van der Waals surface area contributed by atoms with Crippen LogP contribution in [0.25, 0.3) is 0 Å². The molecular formula is C36H75O6P. The molecule has 0 aliphatic heterocycles. The van der Waals surface area contributed by atoms with Crippen LogP contribution in [0.15, 0.2) is 0 Å². The van der Waals surface area contributed by atoms with E-state index in [1.807, 2.05) is 0 Å². The van der Waals surface area contributed by atoms with Crippen molar-refractivity contribution in [3.8, 4) is 0 Å². The third kappa shape index (κ3) is 34.7. The normalized spacial score (nSPS) is 14.6. The van der Waals surface area contributed by atoms with Crippen molar-refractivity contribution in [3.05, 3.63) is 0 Å². The van der Waals surface area contributed by atoms with Crippen molar-refractivity contribution < 1.29 is 28.7 Å². The topological polar surface area (TPSA) is 96.2 Å². The van der Waals surface area contributed by atoms with Crippen LogP contribution in [0.3, 0.4) is 0 Å². The molecule has 0 spiro atoms. The summed E-state index contributed by atoms with van der Waals surface area (Å²) < 4.78 is 22.0. The second kappa shape index (κ2) is 33.4. The lowest BCUT2D eigenvalue weighted by Crippen LogP contribution is -2.17. The minimum Gasteiger partial charge on any atom is -0.391 e. The molecule has 0 saturated carbocycles. The number of phosphoric ester groups is 1. The second-order valence-corrected chi connectivity index (χ2v) is 14.6. The number of aliphatic hydroxyl groups excluding tert-OH is 2. The SMILES string of the molecule is CCCCCCCCCCCCCCCC[C@@H](O)COP(=O)(O)OC[C@@H](O)CCCCCCCCCCCCCCCC. The molecule has 0 aromatic carbocycles. The maximum absolute atomic E-state index is 12.1.